The maximum absolute atomic E-state index is 12.4. The minimum absolute atomic E-state index is 0.0190. The molecule has 21 heavy (non-hydrogen) atoms. The number of carbonyl (C=O) groups excluding carboxylic acids is 1. The minimum Gasteiger partial charge on any atom is -0.379 e. The van der Waals surface area contributed by atoms with Gasteiger partial charge in [0.2, 0.25) is 5.91 Å². The molecule has 0 aromatic heterocycles. The van der Waals surface area contributed by atoms with E-state index in [1.54, 1.807) is 0 Å². The summed E-state index contributed by atoms with van der Waals surface area (Å²) in [6.07, 6.45) is 1.06. The van der Waals surface area contributed by atoms with E-state index in [1.165, 1.54) is 5.56 Å². The lowest BCUT2D eigenvalue weighted by Gasteiger charge is -2.21. The van der Waals surface area contributed by atoms with Gasteiger partial charge in [-0.15, -0.1) is 0 Å². The van der Waals surface area contributed by atoms with Crippen molar-refractivity contribution in [1.29, 1.82) is 0 Å². The van der Waals surface area contributed by atoms with Gasteiger partial charge in [-0.1, -0.05) is 36.8 Å². The second kappa shape index (κ2) is 7.57. The highest BCUT2D eigenvalue weighted by Crippen LogP contribution is 2.18. The molecule has 2 unspecified atom stereocenters. The van der Waals surface area contributed by atoms with Crippen molar-refractivity contribution in [2.24, 2.45) is 5.92 Å². The quantitative estimate of drug-likeness (QED) is 0.844. The summed E-state index contributed by atoms with van der Waals surface area (Å²) >= 11 is 0. The van der Waals surface area contributed by atoms with Crippen molar-refractivity contribution in [3.8, 4) is 0 Å². The lowest BCUT2D eigenvalue weighted by molar-refractivity contribution is -0.126. The molecule has 0 radical (unpaired) electrons. The van der Waals surface area contributed by atoms with E-state index in [4.69, 9.17) is 4.74 Å². The summed E-state index contributed by atoms with van der Waals surface area (Å²) in [6.45, 7) is 8.26. The maximum atomic E-state index is 12.4. The molecule has 1 saturated heterocycles. The third kappa shape index (κ3) is 4.29. The van der Waals surface area contributed by atoms with Gasteiger partial charge in [-0.05, 0) is 32.4 Å². The Morgan fingerprint density at radius 1 is 1.33 bits per heavy atom. The van der Waals surface area contributed by atoms with Crippen molar-refractivity contribution in [2.75, 3.05) is 19.8 Å². The van der Waals surface area contributed by atoms with Crippen LogP contribution in [-0.2, 0) is 9.53 Å². The number of amides is 1. The molecule has 0 saturated carbocycles. The zero-order chi connectivity index (χ0) is 15.2. The third-order valence-corrected chi connectivity index (χ3v) is 4.01. The molecule has 1 heterocycles. The molecule has 1 amide bonds. The van der Waals surface area contributed by atoms with Crippen LogP contribution in [0.5, 0.6) is 0 Å². The second-order valence-electron chi connectivity index (χ2n) is 5.85. The van der Waals surface area contributed by atoms with Crippen LogP contribution in [0.2, 0.25) is 0 Å². The van der Waals surface area contributed by atoms with Crippen molar-refractivity contribution >= 4 is 5.91 Å². The Labute approximate surface area is 127 Å². The molecular weight excluding hydrogens is 264 g/mol. The largest absolute Gasteiger partial charge is 0.379 e. The molecule has 1 aliphatic heterocycles. The lowest BCUT2D eigenvalue weighted by Crippen LogP contribution is -2.44. The highest BCUT2D eigenvalue weighted by Gasteiger charge is 2.34. The molecule has 4 nitrogen and oxygen atoms in total. The molecule has 0 spiro atoms. The van der Waals surface area contributed by atoms with Gasteiger partial charge in [0.1, 0.15) is 0 Å². The van der Waals surface area contributed by atoms with Crippen LogP contribution in [0, 0.1) is 12.8 Å². The van der Waals surface area contributed by atoms with Gasteiger partial charge >= 0.3 is 0 Å². The molecule has 2 N–H and O–H groups in total. The van der Waals surface area contributed by atoms with Gasteiger partial charge in [-0.25, -0.2) is 0 Å². The number of hydrogen-bond donors (Lipinski definition) is 2. The van der Waals surface area contributed by atoms with Crippen LogP contribution in [0.1, 0.15) is 37.4 Å². The van der Waals surface area contributed by atoms with Crippen molar-refractivity contribution in [3.05, 3.63) is 35.4 Å². The Kier molecular flexibility index (Phi) is 5.76. The van der Waals surface area contributed by atoms with E-state index in [0.29, 0.717) is 13.2 Å². The SMILES string of the molecule is CCCNC1COCC1C(=O)N[C@H](C)c1ccc(C)cc1. The topological polar surface area (TPSA) is 50.4 Å². The molecule has 116 valence electrons. The Balaban J connectivity index is 1.92. The summed E-state index contributed by atoms with van der Waals surface area (Å²) in [6, 6.07) is 8.43. The van der Waals surface area contributed by atoms with E-state index in [-0.39, 0.29) is 23.9 Å². The first-order valence-electron chi connectivity index (χ1n) is 7.80. The molecule has 0 aliphatic carbocycles. The predicted molar refractivity (Wildman–Crippen MR) is 84.1 cm³/mol. The van der Waals surface area contributed by atoms with Crippen molar-refractivity contribution in [2.45, 2.75) is 39.3 Å². The standard InChI is InChI=1S/C17H26N2O2/c1-4-9-18-16-11-21-10-15(16)17(20)19-13(3)14-7-5-12(2)6-8-14/h5-8,13,15-16,18H,4,9-11H2,1-3H3,(H,19,20)/t13-,15?,16?/m1/s1. The maximum Gasteiger partial charge on any atom is 0.227 e. The monoisotopic (exact) mass is 290 g/mol. The Morgan fingerprint density at radius 2 is 2.05 bits per heavy atom. The first-order valence-corrected chi connectivity index (χ1v) is 7.80. The van der Waals surface area contributed by atoms with E-state index < -0.39 is 0 Å². The van der Waals surface area contributed by atoms with E-state index in [1.807, 2.05) is 6.92 Å². The number of ether oxygens (including phenoxy) is 1. The summed E-state index contributed by atoms with van der Waals surface area (Å²) in [5.74, 6) is -0.0152. The average molecular weight is 290 g/mol. The summed E-state index contributed by atoms with van der Waals surface area (Å²) in [4.78, 5) is 12.4. The summed E-state index contributed by atoms with van der Waals surface area (Å²) in [7, 11) is 0. The number of rotatable bonds is 6. The van der Waals surface area contributed by atoms with Crippen molar-refractivity contribution < 1.29 is 9.53 Å². The fourth-order valence-corrected chi connectivity index (χ4v) is 2.60. The Bertz CT molecular complexity index is 458. The fraction of sp³-hybridized carbons (Fsp3) is 0.588. The minimum atomic E-state index is -0.0931. The fourth-order valence-electron chi connectivity index (χ4n) is 2.60. The molecule has 2 rings (SSSR count). The molecule has 1 fully saturated rings. The summed E-state index contributed by atoms with van der Waals surface area (Å²) < 4.78 is 5.47. The van der Waals surface area contributed by atoms with Crippen LogP contribution in [0.15, 0.2) is 24.3 Å². The van der Waals surface area contributed by atoms with Crippen LogP contribution < -0.4 is 10.6 Å². The Hall–Kier alpha value is -1.39. The van der Waals surface area contributed by atoms with Crippen LogP contribution >= 0.6 is 0 Å². The van der Waals surface area contributed by atoms with Gasteiger partial charge in [0.15, 0.2) is 0 Å². The molecule has 4 heteroatoms. The van der Waals surface area contributed by atoms with Gasteiger partial charge in [0.25, 0.3) is 0 Å². The predicted octanol–water partition coefficient (Wildman–Crippen LogP) is 2.19. The summed E-state index contributed by atoms with van der Waals surface area (Å²) in [5.41, 5.74) is 2.36. The third-order valence-electron chi connectivity index (χ3n) is 4.01. The lowest BCUT2D eigenvalue weighted by atomic mass is 10.0. The van der Waals surface area contributed by atoms with Crippen molar-refractivity contribution in [1.82, 2.24) is 10.6 Å². The molecule has 1 aliphatic rings. The van der Waals surface area contributed by atoms with Crippen molar-refractivity contribution in [3.63, 3.8) is 0 Å². The Morgan fingerprint density at radius 3 is 2.71 bits per heavy atom. The van der Waals surface area contributed by atoms with Crippen LogP contribution in [0.3, 0.4) is 0 Å². The van der Waals surface area contributed by atoms with E-state index >= 15 is 0 Å². The van der Waals surface area contributed by atoms with Gasteiger partial charge in [0.05, 0.1) is 25.2 Å². The van der Waals surface area contributed by atoms with Gasteiger partial charge in [0, 0.05) is 6.04 Å². The second-order valence-corrected chi connectivity index (χ2v) is 5.85. The normalized spacial score (nSPS) is 23.0. The van der Waals surface area contributed by atoms with Crippen LogP contribution in [0.4, 0.5) is 0 Å². The smallest absolute Gasteiger partial charge is 0.227 e. The zero-order valence-electron chi connectivity index (χ0n) is 13.2. The van der Waals surface area contributed by atoms with Gasteiger partial charge < -0.3 is 15.4 Å². The molecular formula is C17H26N2O2. The van der Waals surface area contributed by atoms with Gasteiger partial charge in [-0.2, -0.15) is 0 Å². The van der Waals surface area contributed by atoms with E-state index in [2.05, 4.69) is 48.7 Å². The summed E-state index contributed by atoms with van der Waals surface area (Å²) in [5, 5.41) is 6.50. The molecule has 1 aromatic carbocycles. The highest BCUT2D eigenvalue weighted by molar-refractivity contribution is 5.80. The number of benzene rings is 1. The first kappa shape index (κ1) is 16.0. The van der Waals surface area contributed by atoms with Crippen LogP contribution in [-0.4, -0.2) is 31.7 Å². The average Bonchev–Trinajstić information content (AvgIpc) is 2.94. The molecule has 3 atom stereocenters. The van der Waals surface area contributed by atoms with Crippen LogP contribution in [0.25, 0.3) is 0 Å². The number of carbonyl (C=O) groups is 1. The number of nitrogens with one attached hydrogen (secondary N) is 2. The highest BCUT2D eigenvalue weighted by atomic mass is 16.5. The number of aryl methyl sites for hydroxylation is 1. The molecule has 0 bridgehead atoms. The van der Waals surface area contributed by atoms with E-state index in [0.717, 1.165) is 18.5 Å². The van der Waals surface area contributed by atoms with E-state index in [9.17, 15) is 4.79 Å². The number of hydrogen-bond acceptors (Lipinski definition) is 3. The zero-order valence-corrected chi connectivity index (χ0v) is 13.2. The van der Waals surface area contributed by atoms with Gasteiger partial charge in [-0.3, -0.25) is 4.79 Å². The first-order chi connectivity index (χ1) is 10.1. The molecule has 1 aromatic rings.